The van der Waals surface area contributed by atoms with E-state index >= 15 is 0 Å². The SMILES string of the molecule is Cc1ccc2cccc([CH2][Al]([CH2]c3ccc(-c4ccccc4)cc3)[O]c3cccc4ccc(C)nc34)c2n1. The molecule has 0 amide bonds. The van der Waals surface area contributed by atoms with Gasteiger partial charge >= 0.3 is 14.5 Å². The van der Waals surface area contributed by atoms with E-state index in [1.807, 2.05) is 6.92 Å². The van der Waals surface area contributed by atoms with Crippen LogP contribution in [0.1, 0.15) is 22.5 Å². The van der Waals surface area contributed by atoms with E-state index in [9.17, 15) is 0 Å². The van der Waals surface area contributed by atoms with E-state index in [-0.39, 0.29) is 0 Å². The Kier molecular flexibility index (Phi) is 6.92. The van der Waals surface area contributed by atoms with Crippen LogP contribution in [-0.4, -0.2) is 24.5 Å². The van der Waals surface area contributed by atoms with Crippen molar-refractivity contribution in [3.05, 3.63) is 138 Å². The van der Waals surface area contributed by atoms with Crippen molar-refractivity contribution in [1.82, 2.24) is 9.97 Å². The molecule has 6 aromatic rings. The van der Waals surface area contributed by atoms with Gasteiger partial charge in [0.2, 0.25) is 0 Å². The van der Waals surface area contributed by atoms with Crippen molar-refractivity contribution < 1.29 is 3.79 Å². The van der Waals surface area contributed by atoms with Crippen LogP contribution in [0, 0.1) is 13.8 Å². The molecule has 0 bridgehead atoms. The van der Waals surface area contributed by atoms with Crippen LogP contribution >= 0.6 is 0 Å². The summed E-state index contributed by atoms with van der Waals surface area (Å²) in [5.41, 5.74) is 9.08. The fourth-order valence-corrected chi connectivity index (χ4v) is 7.57. The number of para-hydroxylation sites is 2. The monoisotopic (exact) mass is 508 g/mol. The minimum atomic E-state index is -1.83. The predicted octanol–water partition coefficient (Wildman–Crippen LogP) is 8.00. The number of hydrogen-bond donors (Lipinski definition) is 0. The van der Waals surface area contributed by atoms with E-state index in [1.54, 1.807) is 0 Å². The van der Waals surface area contributed by atoms with Crippen LogP contribution in [-0.2, 0) is 10.6 Å². The molecule has 0 spiro atoms. The van der Waals surface area contributed by atoms with Crippen LogP contribution < -0.4 is 3.79 Å². The highest BCUT2D eigenvalue weighted by Gasteiger charge is 2.27. The Labute approximate surface area is 228 Å². The van der Waals surface area contributed by atoms with Gasteiger partial charge in [0, 0.05) is 22.2 Å². The standard InChI is InChI=1S/C13H11.C11H10N.C10H9NO.Al/c1-11-7-9-13(10-8-11)12-5-3-2-4-6-12;1-8-4-3-5-10-7-6-9(2)12-11(8)10;1-7-5-6-8-3-2-4-9(12)10(8)11-7;/h2-10H,1H2;3-7H,1H2,2H3;2-6,12H,1H3;/q;;;+1/p-1. The summed E-state index contributed by atoms with van der Waals surface area (Å²) in [4.78, 5) is 9.74. The lowest BCUT2D eigenvalue weighted by Gasteiger charge is -2.18. The Morgan fingerprint density at radius 3 is 1.92 bits per heavy atom. The highest BCUT2D eigenvalue weighted by molar-refractivity contribution is 6.52. The first-order chi connectivity index (χ1) is 18.6. The molecule has 6 rings (SSSR count). The zero-order chi connectivity index (χ0) is 25.9. The molecule has 3 nitrogen and oxygen atoms in total. The number of aryl methyl sites for hydroxylation is 2. The van der Waals surface area contributed by atoms with Gasteiger partial charge in [0.15, 0.2) is 0 Å². The first kappa shape index (κ1) is 24.4. The van der Waals surface area contributed by atoms with Crippen molar-refractivity contribution in [1.29, 1.82) is 0 Å². The zero-order valence-electron chi connectivity index (χ0n) is 21.8. The smallest absolute Gasteiger partial charge is 0.556 e. The number of rotatable bonds is 7. The summed E-state index contributed by atoms with van der Waals surface area (Å²) in [7, 11) is 0. The fourth-order valence-electron chi connectivity index (χ4n) is 5.09. The number of pyridine rings is 2. The summed E-state index contributed by atoms with van der Waals surface area (Å²) in [5, 5.41) is 4.08. The van der Waals surface area contributed by atoms with Crippen molar-refractivity contribution in [3.63, 3.8) is 0 Å². The summed E-state index contributed by atoms with van der Waals surface area (Å²) < 4.78 is 6.93. The summed E-state index contributed by atoms with van der Waals surface area (Å²) in [6, 6.07) is 40.6. The zero-order valence-corrected chi connectivity index (χ0v) is 22.9. The Balaban J connectivity index is 1.35. The van der Waals surface area contributed by atoms with Gasteiger partial charge in [-0.3, -0.25) is 4.98 Å². The van der Waals surface area contributed by atoms with Crippen molar-refractivity contribution >= 4 is 36.3 Å². The van der Waals surface area contributed by atoms with Gasteiger partial charge < -0.3 is 3.79 Å². The van der Waals surface area contributed by atoms with Crippen LogP contribution in [0.5, 0.6) is 5.75 Å². The topological polar surface area (TPSA) is 35.0 Å². The molecule has 0 aliphatic rings. The van der Waals surface area contributed by atoms with Gasteiger partial charge in [0.25, 0.3) is 0 Å². The average Bonchev–Trinajstić information content (AvgIpc) is 2.94. The minimum absolute atomic E-state index is 0.883. The Morgan fingerprint density at radius 1 is 0.553 bits per heavy atom. The molecule has 4 heteroatoms. The van der Waals surface area contributed by atoms with E-state index in [0.29, 0.717) is 0 Å². The van der Waals surface area contributed by atoms with Gasteiger partial charge in [-0.15, -0.1) is 0 Å². The molecule has 0 N–H and O–H groups in total. The number of benzene rings is 4. The largest absolute Gasteiger partial charge is 0.641 e. The highest BCUT2D eigenvalue weighted by Crippen LogP contribution is 2.27. The third-order valence-electron chi connectivity index (χ3n) is 7.03. The molecule has 0 fully saturated rings. The molecule has 0 radical (unpaired) electrons. The molecule has 184 valence electrons. The van der Waals surface area contributed by atoms with Crippen molar-refractivity contribution in [2.45, 2.75) is 24.4 Å². The summed E-state index contributed by atoms with van der Waals surface area (Å²) in [6.45, 7) is 4.09. The van der Waals surface area contributed by atoms with Crippen molar-refractivity contribution in [2.75, 3.05) is 0 Å². The number of aromatic nitrogens is 2. The molecule has 0 atom stereocenters. The first-order valence-electron chi connectivity index (χ1n) is 13.1. The van der Waals surface area contributed by atoms with Crippen LogP contribution in [0.2, 0.25) is 0 Å². The number of fused-ring (bicyclic) bond motifs is 2. The molecule has 0 aliphatic carbocycles. The summed E-state index contributed by atoms with van der Waals surface area (Å²) in [6.07, 6.45) is 0. The summed E-state index contributed by atoms with van der Waals surface area (Å²) >= 11 is -1.83. The maximum atomic E-state index is 6.93. The highest BCUT2D eigenvalue weighted by atomic mass is 27.2. The van der Waals surface area contributed by atoms with Crippen molar-refractivity contribution in [3.8, 4) is 16.9 Å². The number of hydrogen-bond acceptors (Lipinski definition) is 3. The van der Waals surface area contributed by atoms with Gasteiger partial charge in [-0.1, -0.05) is 103 Å². The van der Waals surface area contributed by atoms with E-state index in [1.165, 1.54) is 27.6 Å². The van der Waals surface area contributed by atoms with Crippen LogP contribution in [0.3, 0.4) is 0 Å². The molecule has 0 saturated heterocycles. The van der Waals surface area contributed by atoms with Crippen LogP contribution in [0.4, 0.5) is 0 Å². The fraction of sp³-hybridized carbons (Fsp3) is 0.118. The molecule has 0 aliphatic heterocycles. The molecule has 2 heterocycles. The van der Waals surface area contributed by atoms with Gasteiger partial charge in [0.05, 0.1) is 5.52 Å². The van der Waals surface area contributed by atoms with E-state index in [4.69, 9.17) is 13.8 Å². The lowest BCUT2D eigenvalue weighted by Crippen LogP contribution is -2.29. The molecule has 4 aromatic carbocycles. The minimum Gasteiger partial charge on any atom is -0.641 e. The molecule has 2 aromatic heterocycles. The lowest BCUT2D eigenvalue weighted by atomic mass is 10.0. The van der Waals surface area contributed by atoms with E-state index < -0.39 is 14.5 Å². The van der Waals surface area contributed by atoms with E-state index in [2.05, 4.69) is 122 Å². The Bertz CT molecular complexity index is 1630. The second kappa shape index (κ2) is 10.8. The normalized spacial score (nSPS) is 11.1. The van der Waals surface area contributed by atoms with Crippen LogP contribution in [0.25, 0.3) is 32.9 Å². The molecular weight excluding hydrogens is 479 g/mol. The van der Waals surface area contributed by atoms with Crippen LogP contribution in [0.15, 0.2) is 115 Å². The number of nitrogens with zero attached hydrogens (tertiary/aromatic N) is 2. The molecule has 0 unspecified atom stereocenters. The quantitative estimate of drug-likeness (QED) is 0.205. The van der Waals surface area contributed by atoms with Crippen molar-refractivity contribution in [2.24, 2.45) is 0 Å². The van der Waals surface area contributed by atoms with Gasteiger partial charge in [-0.05, 0) is 59.3 Å². The molecular formula is C34H29AlN2O. The third kappa shape index (κ3) is 5.34. The lowest BCUT2D eigenvalue weighted by molar-refractivity contribution is 0.567. The first-order valence-corrected chi connectivity index (χ1v) is 15.3. The van der Waals surface area contributed by atoms with Gasteiger partial charge in [0.1, 0.15) is 11.3 Å². The predicted molar refractivity (Wildman–Crippen MR) is 159 cm³/mol. The molecule has 0 saturated carbocycles. The maximum absolute atomic E-state index is 6.93. The second-order valence-corrected chi connectivity index (χ2v) is 12.2. The average molecular weight is 509 g/mol. The Hall–Kier alpha value is -3.97. The second-order valence-electron chi connectivity index (χ2n) is 9.93. The Morgan fingerprint density at radius 2 is 1.18 bits per heavy atom. The third-order valence-corrected chi connectivity index (χ3v) is 9.44. The van der Waals surface area contributed by atoms with Gasteiger partial charge in [-0.2, -0.15) is 0 Å². The van der Waals surface area contributed by atoms with Gasteiger partial charge in [-0.25, -0.2) is 4.98 Å². The molecule has 38 heavy (non-hydrogen) atoms. The maximum Gasteiger partial charge on any atom is 0.556 e. The van der Waals surface area contributed by atoms with E-state index in [0.717, 1.165) is 44.1 Å². The summed E-state index contributed by atoms with van der Waals surface area (Å²) in [5.74, 6) is 0.883.